The number of aliphatic hydroxyl groups excluding tert-OH is 1. The number of ether oxygens (including phenoxy) is 2. The molecule has 2 atom stereocenters. The quantitative estimate of drug-likeness (QED) is 0.608. The van der Waals surface area contributed by atoms with Crippen molar-refractivity contribution in [1.29, 1.82) is 0 Å². The third-order valence-electron chi connectivity index (χ3n) is 3.87. The topological polar surface area (TPSA) is 99.4 Å². The molecule has 2 unspecified atom stereocenters. The monoisotopic (exact) mass is 304 g/mol. The van der Waals surface area contributed by atoms with Crippen LogP contribution in [0, 0.1) is 0 Å². The highest BCUT2D eigenvalue weighted by Gasteiger charge is 2.62. The molecule has 6 heteroatoms. The molecule has 2 aromatic carbocycles. The molecule has 2 aromatic rings. The molecule has 6 nitrogen and oxygen atoms in total. The van der Waals surface area contributed by atoms with E-state index in [1.54, 1.807) is 30.3 Å². The van der Waals surface area contributed by atoms with Crippen molar-refractivity contribution in [1.82, 2.24) is 0 Å². The summed E-state index contributed by atoms with van der Waals surface area (Å²) in [6.07, 6.45) is -1.62. The Hall–Kier alpha value is -2.12. The third-order valence-corrected chi connectivity index (χ3v) is 3.87. The van der Waals surface area contributed by atoms with Crippen molar-refractivity contribution in [3.63, 3.8) is 0 Å². The summed E-state index contributed by atoms with van der Waals surface area (Å²) in [7, 11) is 1.39. The van der Waals surface area contributed by atoms with Crippen molar-refractivity contribution in [2.75, 3.05) is 7.11 Å². The number of fused-ring (bicyclic) bond motifs is 1. The van der Waals surface area contributed by atoms with Gasteiger partial charge in [0.1, 0.15) is 6.10 Å². The molecule has 1 heterocycles. The largest absolute Gasteiger partial charge is 0.493 e. The predicted octanol–water partition coefficient (Wildman–Crippen LogP) is 0.647. The zero-order valence-corrected chi connectivity index (χ0v) is 11.8. The van der Waals surface area contributed by atoms with E-state index in [0.29, 0.717) is 0 Å². The second-order valence-electron chi connectivity index (χ2n) is 5.12. The van der Waals surface area contributed by atoms with Crippen LogP contribution in [0.15, 0.2) is 48.5 Å². The summed E-state index contributed by atoms with van der Waals surface area (Å²) in [5.74, 6) is -2.84. The molecule has 0 saturated carbocycles. The molecule has 0 saturated heterocycles. The van der Waals surface area contributed by atoms with E-state index >= 15 is 0 Å². The van der Waals surface area contributed by atoms with E-state index in [9.17, 15) is 20.4 Å². The lowest BCUT2D eigenvalue weighted by Crippen LogP contribution is -2.61. The second kappa shape index (κ2) is 4.96. The first kappa shape index (κ1) is 14.8. The highest BCUT2D eigenvalue weighted by molar-refractivity contribution is 5.51. The van der Waals surface area contributed by atoms with Crippen LogP contribution in [0.5, 0.6) is 11.5 Å². The van der Waals surface area contributed by atoms with E-state index in [2.05, 4.69) is 0 Å². The fraction of sp³-hybridized carbons (Fsp3) is 0.250. The van der Waals surface area contributed by atoms with Gasteiger partial charge in [-0.2, -0.15) is 0 Å². The molecule has 0 aromatic heterocycles. The Bertz CT molecular complexity index is 684. The van der Waals surface area contributed by atoms with Crippen LogP contribution in [0.4, 0.5) is 0 Å². The SMILES string of the molecule is COc1cccc2c1OC(O)(O)C(O)(c1ccccc1)C2O. The highest BCUT2D eigenvalue weighted by Crippen LogP contribution is 2.52. The average molecular weight is 304 g/mol. The van der Waals surface area contributed by atoms with Gasteiger partial charge in [-0.15, -0.1) is 0 Å². The van der Waals surface area contributed by atoms with E-state index in [0.717, 1.165) is 0 Å². The van der Waals surface area contributed by atoms with Crippen molar-refractivity contribution in [2.45, 2.75) is 17.7 Å². The minimum Gasteiger partial charge on any atom is -0.493 e. The van der Waals surface area contributed by atoms with Crippen molar-refractivity contribution in [3.8, 4) is 11.5 Å². The van der Waals surface area contributed by atoms with Gasteiger partial charge in [0, 0.05) is 5.56 Å². The fourth-order valence-corrected chi connectivity index (χ4v) is 2.68. The maximum Gasteiger partial charge on any atom is 0.360 e. The summed E-state index contributed by atoms with van der Waals surface area (Å²) in [4.78, 5) is 0. The van der Waals surface area contributed by atoms with Crippen LogP contribution in [0.25, 0.3) is 0 Å². The van der Waals surface area contributed by atoms with Crippen molar-refractivity contribution < 1.29 is 29.9 Å². The van der Waals surface area contributed by atoms with E-state index in [-0.39, 0.29) is 22.6 Å². The Morgan fingerprint density at radius 1 is 1.00 bits per heavy atom. The number of rotatable bonds is 2. The summed E-state index contributed by atoms with van der Waals surface area (Å²) < 4.78 is 10.2. The molecule has 0 fully saturated rings. The molecule has 0 aliphatic carbocycles. The van der Waals surface area contributed by atoms with Crippen LogP contribution >= 0.6 is 0 Å². The third kappa shape index (κ3) is 1.89. The summed E-state index contributed by atoms with van der Waals surface area (Å²) in [6, 6.07) is 12.5. The van der Waals surface area contributed by atoms with E-state index < -0.39 is 17.7 Å². The summed E-state index contributed by atoms with van der Waals surface area (Å²) >= 11 is 0. The van der Waals surface area contributed by atoms with Crippen molar-refractivity contribution in [2.24, 2.45) is 0 Å². The highest BCUT2D eigenvalue weighted by atomic mass is 16.8. The minimum atomic E-state index is -3.03. The van der Waals surface area contributed by atoms with Crippen molar-refractivity contribution >= 4 is 0 Å². The number of para-hydroxylation sites is 1. The number of methoxy groups -OCH3 is 1. The molecule has 22 heavy (non-hydrogen) atoms. The van der Waals surface area contributed by atoms with Gasteiger partial charge in [-0.25, -0.2) is 0 Å². The summed E-state index contributed by atoms with van der Waals surface area (Å²) in [5.41, 5.74) is -2.14. The molecular weight excluding hydrogens is 288 g/mol. The Morgan fingerprint density at radius 3 is 2.32 bits per heavy atom. The zero-order chi connectivity index (χ0) is 16.0. The lowest BCUT2D eigenvalue weighted by atomic mass is 9.80. The van der Waals surface area contributed by atoms with E-state index in [1.807, 2.05) is 0 Å². The Kier molecular flexibility index (Phi) is 3.34. The van der Waals surface area contributed by atoms with E-state index in [4.69, 9.17) is 9.47 Å². The summed E-state index contributed by atoms with van der Waals surface area (Å²) in [5, 5.41) is 41.9. The number of hydrogen-bond acceptors (Lipinski definition) is 6. The second-order valence-corrected chi connectivity index (χ2v) is 5.12. The standard InChI is InChI=1S/C16H16O6/c1-21-12-9-5-8-11-13(12)22-16(19,20)15(18,14(11)17)10-6-3-2-4-7-10/h2-9,14,17-20H,1H3. The predicted molar refractivity (Wildman–Crippen MR) is 76.1 cm³/mol. The molecule has 0 spiro atoms. The first-order valence-corrected chi connectivity index (χ1v) is 6.68. The molecule has 1 aliphatic rings. The van der Waals surface area contributed by atoms with Gasteiger partial charge in [-0.3, -0.25) is 0 Å². The van der Waals surface area contributed by atoms with Gasteiger partial charge in [0.2, 0.25) is 5.60 Å². The normalized spacial score (nSPS) is 26.0. The number of aliphatic hydroxyl groups is 4. The van der Waals surface area contributed by atoms with Crippen LogP contribution in [0.2, 0.25) is 0 Å². The maximum absolute atomic E-state index is 10.8. The first-order valence-electron chi connectivity index (χ1n) is 6.68. The molecule has 116 valence electrons. The Morgan fingerprint density at radius 2 is 1.68 bits per heavy atom. The van der Waals surface area contributed by atoms with Crippen LogP contribution in [-0.2, 0) is 5.60 Å². The van der Waals surface area contributed by atoms with Crippen molar-refractivity contribution in [3.05, 3.63) is 59.7 Å². The van der Waals surface area contributed by atoms with Gasteiger partial charge in [0.05, 0.1) is 7.11 Å². The Balaban J connectivity index is 2.22. The molecule has 1 aliphatic heterocycles. The minimum absolute atomic E-state index is 0.0249. The van der Waals surface area contributed by atoms with Gasteiger partial charge in [-0.05, 0) is 11.6 Å². The summed E-state index contributed by atoms with van der Waals surface area (Å²) in [6.45, 7) is 0. The fourth-order valence-electron chi connectivity index (χ4n) is 2.68. The number of benzene rings is 2. The van der Waals surface area contributed by atoms with Gasteiger partial charge in [0.25, 0.3) is 0 Å². The molecule has 0 bridgehead atoms. The number of hydrogen-bond donors (Lipinski definition) is 4. The average Bonchev–Trinajstić information content (AvgIpc) is 2.53. The van der Waals surface area contributed by atoms with Crippen LogP contribution in [0.1, 0.15) is 17.2 Å². The molecule has 0 radical (unpaired) electrons. The smallest absolute Gasteiger partial charge is 0.360 e. The van der Waals surface area contributed by atoms with Gasteiger partial charge >= 0.3 is 5.97 Å². The van der Waals surface area contributed by atoms with Gasteiger partial charge in [0.15, 0.2) is 11.5 Å². The molecule has 0 amide bonds. The van der Waals surface area contributed by atoms with E-state index in [1.165, 1.54) is 25.3 Å². The lowest BCUT2D eigenvalue weighted by molar-refractivity contribution is -0.407. The zero-order valence-electron chi connectivity index (χ0n) is 11.8. The molecule has 4 N–H and O–H groups in total. The van der Waals surface area contributed by atoms with Crippen LogP contribution in [0.3, 0.4) is 0 Å². The first-order chi connectivity index (χ1) is 10.4. The van der Waals surface area contributed by atoms with Crippen LogP contribution in [-0.4, -0.2) is 33.5 Å². The maximum atomic E-state index is 10.8. The van der Waals surface area contributed by atoms with Crippen LogP contribution < -0.4 is 9.47 Å². The molecule has 3 rings (SSSR count). The lowest BCUT2D eigenvalue weighted by Gasteiger charge is -2.46. The molecular formula is C16H16O6. The Labute approximate surface area is 126 Å². The van der Waals surface area contributed by atoms with Gasteiger partial charge in [-0.1, -0.05) is 42.5 Å². The van der Waals surface area contributed by atoms with Gasteiger partial charge < -0.3 is 29.9 Å².